The fraction of sp³-hybridized carbons (Fsp3) is 0.524. The zero-order valence-electron chi connectivity index (χ0n) is 31.4. The van der Waals surface area contributed by atoms with Crippen molar-refractivity contribution in [3.8, 4) is 0 Å². The number of rotatable bonds is 26. The average Bonchev–Trinajstić information content (AvgIpc) is 3.14. The molecule has 0 unspecified atom stereocenters. The predicted octanol–water partition coefficient (Wildman–Crippen LogP) is 10.7. The summed E-state index contributed by atoms with van der Waals surface area (Å²) in [5.41, 5.74) is 0.527. The minimum atomic E-state index is -0.449. The molecule has 2 heterocycles. The van der Waals surface area contributed by atoms with Gasteiger partial charge in [-0.3, -0.25) is 19.2 Å². The molecule has 0 saturated heterocycles. The Kier molecular flexibility index (Phi) is 20.4. The normalized spacial score (nSPS) is 10.8. The van der Waals surface area contributed by atoms with Crippen LogP contribution in [0.4, 0.5) is 23.3 Å². The first-order valence-electron chi connectivity index (χ1n) is 19.6. The molecule has 0 atom stereocenters. The van der Waals surface area contributed by atoms with Crippen molar-refractivity contribution in [3.05, 3.63) is 71.8 Å². The van der Waals surface area contributed by atoms with Gasteiger partial charge in [0.15, 0.2) is 0 Å². The van der Waals surface area contributed by atoms with Crippen LogP contribution in [0.15, 0.2) is 60.7 Å². The van der Waals surface area contributed by atoms with Crippen LogP contribution in [0.25, 0.3) is 0 Å². The van der Waals surface area contributed by atoms with Gasteiger partial charge in [0.05, 0.1) is 0 Å². The monoisotopic (exact) mass is 712 g/mol. The summed E-state index contributed by atoms with van der Waals surface area (Å²) in [6.07, 6.45) is 22.2. The number of unbranched alkanes of at least 4 members (excludes halogenated alkanes) is 16. The van der Waals surface area contributed by atoms with Crippen molar-refractivity contribution >= 4 is 46.9 Å². The zero-order chi connectivity index (χ0) is 37.2. The highest BCUT2D eigenvalue weighted by molar-refractivity contribution is 6.08. The molecule has 2 aromatic heterocycles. The molecule has 3 rings (SSSR count). The van der Waals surface area contributed by atoms with E-state index in [1.54, 1.807) is 54.6 Å². The van der Waals surface area contributed by atoms with Crippen LogP contribution < -0.4 is 21.3 Å². The van der Waals surface area contributed by atoms with Crippen molar-refractivity contribution in [2.24, 2.45) is 0 Å². The summed E-state index contributed by atoms with van der Waals surface area (Å²) in [5, 5.41) is 11.1. The molecule has 4 N–H and O–H groups in total. The highest BCUT2D eigenvalue weighted by Gasteiger charge is 2.14. The summed E-state index contributed by atoms with van der Waals surface area (Å²) in [5.74, 6) is 0.180. The zero-order valence-corrected chi connectivity index (χ0v) is 31.4. The van der Waals surface area contributed by atoms with Gasteiger partial charge in [-0.1, -0.05) is 135 Å². The molecule has 10 heteroatoms. The minimum Gasteiger partial charge on any atom is -0.311 e. The first-order chi connectivity index (χ1) is 25.4. The lowest BCUT2D eigenvalue weighted by atomic mass is 10.1. The highest BCUT2D eigenvalue weighted by atomic mass is 16.2. The van der Waals surface area contributed by atoms with E-state index in [0.717, 1.165) is 38.5 Å². The van der Waals surface area contributed by atoms with Crippen LogP contribution in [-0.4, -0.2) is 33.6 Å². The average molecular weight is 713 g/mol. The van der Waals surface area contributed by atoms with Crippen LogP contribution in [0.5, 0.6) is 0 Å². The van der Waals surface area contributed by atoms with E-state index >= 15 is 0 Å². The second kappa shape index (κ2) is 25.4. The number of benzene rings is 1. The van der Waals surface area contributed by atoms with Crippen LogP contribution >= 0.6 is 0 Å². The number of carbonyl (C=O) groups excluding carboxylic acids is 4. The van der Waals surface area contributed by atoms with Gasteiger partial charge in [-0.15, -0.1) is 0 Å². The first-order valence-corrected chi connectivity index (χ1v) is 19.6. The maximum Gasteiger partial charge on any atom is 0.256 e. The second-order valence-corrected chi connectivity index (χ2v) is 13.6. The smallest absolute Gasteiger partial charge is 0.256 e. The predicted molar refractivity (Wildman–Crippen MR) is 212 cm³/mol. The van der Waals surface area contributed by atoms with Crippen molar-refractivity contribution in [1.29, 1.82) is 0 Å². The second-order valence-electron chi connectivity index (χ2n) is 13.6. The summed E-state index contributed by atoms with van der Waals surface area (Å²) >= 11 is 0. The Labute approximate surface area is 310 Å². The van der Waals surface area contributed by atoms with Crippen molar-refractivity contribution in [1.82, 2.24) is 9.97 Å². The van der Waals surface area contributed by atoms with E-state index in [9.17, 15) is 19.2 Å². The van der Waals surface area contributed by atoms with Crippen LogP contribution in [0.3, 0.4) is 0 Å². The molecule has 0 spiro atoms. The summed E-state index contributed by atoms with van der Waals surface area (Å²) in [6.45, 7) is 4.45. The third-order valence-corrected chi connectivity index (χ3v) is 8.92. The van der Waals surface area contributed by atoms with Gasteiger partial charge in [-0.25, -0.2) is 9.97 Å². The number of anilines is 4. The van der Waals surface area contributed by atoms with E-state index in [2.05, 4.69) is 45.1 Å². The van der Waals surface area contributed by atoms with Crippen molar-refractivity contribution in [2.75, 3.05) is 21.3 Å². The number of pyridine rings is 2. The largest absolute Gasteiger partial charge is 0.311 e. The number of aromatic nitrogens is 2. The number of nitrogens with zero attached hydrogens (tertiary/aromatic N) is 2. The molecule has 10 nitrogen and oxygen atoms in total. The number of hydrogen-bond acceptors (Lipinski definition) is 6. The Morgan fingerprint density at radius 2 is 0.731 bits per heavy atom. The summed E-state index contributed by atoms with van der Waals surface area (Å²) in [4.78, 5) is 59.8. The molecule has 0 radical (unpaired) electrons. The molecule has 282 valence electrons. The van der Waals surface area contributed by atoms with Crippen molar-refractivity contribution in [2.45, 2.75) is 142 Å². The number of hydrogen-bond donors (Lipinski definition) is 4. The first kappa shape index (κ1) is 41.8. The number of nitrogens with one attached hydrogen (secondary N) is 4. The quantitative estimate of drug-likeness (QED) is 0.0610. The molecule has 0 aliphatic rings. The van der Waals surface area contributed by atoms with E-state index < -0.39 is 11.8 Å². The Morgan fingerprint density at radius 1 is 0.423 bits per heavy atom. The molecule has 0 saturated carbocycles. The summed E-state index contributed by atoms with van der Waals surface area (Å²) in [7, 11) is 0. The Balaban J connectivity index is 1.41. The molecular weight excluding hydrogens is 652 g/mol. The van der Waals surface area contributed by atoms with Crippen molar-refractivity contribution in [3.63, 3.8) is 0 Å². The molecule has 3 aromatic rings. The van der Waals surface area contributed by atoms with E-state index in [-0.39, 0.29) is 34.6 Å². The van der Waals surface area contributed by atoms with Gasteiger partial charge in [0, 0.05) is 24.0 Å². The third-order valence-electron chi connectivity index (χ3n) is 8.92. The molecule has 0 aliphatic carbocycles. The molecule has 0 bridgehead atoms. The van der Waals surface area contributed by atoms with Gasteiger partial charge in [0.1, 0.15) is 23.3 Å². The van der Waals surface area contributed by atoms with Crippen LogP contribution in [0, 0.1) is 0 Å². The minimum absolute atomic E-state index is 0.103. The topological polar surface area (TPSA) is 142 Å². The molecule has 52 heavy (non-hydrogen) atoms. The summed E-state index contributed by atoms with van der Waals surface area (Å²) in [6, 6.07) is 16.4. The van der Waals surface area contributed by atoms with E-state index in [0.29, 0.717) is 24.5 Å². The molecule has 0 fully saturated rings. The van der Waals surface area contributed by atoms with Gasteiger partial charge in [-0.2, -0.15) is 0 Å². The SMILES string of the molecule is CCCCCCCCCCCC(=O)Nc1cccc(NC(=O)c2cccc(C(=O)Nc3cccc(NC(=O)CCCCCCCCCCC)n3)c2)n1. The number of amides is 4. The third kappa shape index (κ3) is 17.6. The van der Waals surface area contributed by atoms with Crippen LogP contribution in [-0.2, 0) is 9.59 Å². The number of carbonyl (C=O) groups is 4. The molecular formula is C42H60N6O4. The van der Waals surface area contributed by atoms with E-state index in [4.69, 9.17) is 0 Å². The molecule has 1 aromatic carbocycles. The van der Waals surface area contributed by atoms with Crippen LogP contribution in [0.1, 0.15) is 163 Å². The van der Waals surface area contributed by atoms with Gasteiger partial charge in [0.25, 0.3) is 11.8 Å². The van der Waals surface area contributed by atoms with Gasteiger partial charge in [0.2, 0.25) is 11.8 Å². The Hall–Kier alpha value is -4.60. The Bertz CT molecular complexity index is 1420. The van der Waals surface area contributed by atoms with E-state index in [1.807, 2.05) is 0 Å². The lowest BCUT2D eigenvalue weighted by molar-refractivity contribution is -0.117. The van der Waals surface area contributed by atoms with E-state index in [1.165, 1.54) is 83.1 Å². The summed E-state index contributed by atoms with van der Waals surface area (Å²) < 4.78 is 0. The van der Waals surface area contributed by atoms with Gasteiger partial charge >= 0.3 is 0 Å². The fourth-order valence-electron chi connectivity index (χ4n) is 5.93. The maximum absolute atomic E-state index is 13.1. The van der Waals surface area contributed by atoms with Gasteiger partial charge in [-0.05, 0) is 55.3 Å². The molecule has 4 amide bonds. The lowest BCUT2D eigenvalue weighted by Gasteiger charge is -2.10. The fourth-order valence-corrected chi connectivity index (χ4v) is 5.93. The maximum atomic E-state index is 13.1. The standard InChI is InChI=1S/C42H60N6O4/c1-3-5-7-9-11-13-15-17-19-30-39(49)45-35-26-22-28-37(43-35)47-41(51)33-24-21-25-34(32-33)42(52)48-38-29-23-27-36(44-38)46-40(50)31-20-18-16-14-12-10-8-6-4-2/h21-29,32H,3-20,30-31H2,1-2H3,(H2,43,45,47,49,51)(H2,44,46,48,50,52). The van der Waals surface area contributed by atoms with Gasteiger partial charge < -0.3 is 21.3 Å². The highest BCUT2D eigenvalue weighted by Crippen LogP contribution is 2.17. The van der Waals surface area contributed by atoms with Crippen molar-refractivity contribution < 1.29 is 19.2 Å². The van der Waals surface area contributed by atoms with Crippen LogP contribution in [0.2, 0.25) is 0 Å². The Morgan fingerprint density at radius 3 is 1.10 bits per heavy atom. The molecule has 0 aliphatic heterocycles. The lowest BCUT2D eigenvalue weighted by Crippen LogP contribution is -2.18.